The van der Waals surface area contributed by atoms with Crippen molar-refractivity contribution in [3.8, 4) is 6.07 Å². The molecule has 24 heavy (non-hydrogen) atoms. The molecular weight excluding hydrogens is 311 g/mol. The largest absolute Gasteiger partial charge is 0.465 e. The SMILES string of the molecule is COC(=O)c1ccc(/C=C(\C#N)C(=O)Nc2ccccc2F)cc1. The Morgan fingerprint density at radius 2 is 1.83 bits per heavy atom. The number of methoxy groups -OCH3 is 1. The maximum absolute atomic E-state index is 13.5. The van der Waals surface area contributed by atoms with Crippen LogP contribution in [-0.4, -0.2) is 19.0 Å². The first-order valence-electron chi connectivity index (χ1n) is 6.91. The van der Waals surface area contributed by atoms with Crippen LogP contribution in [0.15, 0.2) is 54.1 Å². The van der Waals surface area contributed by atoms with Crippen LogP contribution in [0.5, 0.6) is 0 Å². The standard InChI is InChI=1S/C18H13FN2O3/c1-24-18(23)13-8-6-12(7-9-13)10-14(11-20)17(22)21-16-5-3-2-4-15(16)19/h2-10H,1H3,(H,21,22)/b14-10+. The van der Waals surface area contributed by atoms with E-state index in [1.807, 2.05) is 0 Å². The molecule has 0 bridgehead atoms. The Balaban J connectivity index is 2.20. The van der Waals surface area contributed by atoms with Gasteiger partial charge in [0.25, 0.3) is 5.91 Å². The zero-order valence-corrected chi connectivity index (χ0v) is 12.7. The summed E-state index contributed by atoms with van der Waals surface area (Å²) in [6.07, 6.45) is 1.34. The molecule has 5 nitrogen and oxygen atoms in total. The number of benzene rings is 2. The monoisotopic (exact) mass is 324 g/mol. The van der Waals surface area contributed by atoms with E-state index in [0.717, 1.165) is 0 Å². The molecule has 0 spiro atoms. The summed E-state index contributed by atoms with van der Waals surface area (Å²) in [6.45, 7) is 0. The lowest BCUT2D eigenvalue weighted by Crippen LogP contribution is -2.14. The maximum Gasteiger partial charge on any atom is 0.337 e. The molecule has 0 saturated heterocycles. The van der Waals surface area contributed by atoms with Crippen molar-refractivity contribution in [2.75, 3.05) is 12.4 Å². The molecule has 2 rings (SSSR count). The first kappa shape index (κ1) is 16.9. The Labute approximate surface area is 138 Å². The van der Waals surface area contributed by atoms with E-state index in [2.05, 4.69) is 10.1 Å². The highest BCUT2D eigenvalue weighted by molar-refractivity contribution is 6.09. The number of rotatable bonds is 4. The second-order valence-corrected chi connectivity index (χ2v) is 4.72. The number of anilines is 1. The summed E-state index contributed by atoms with van der Waals surface area (Å²) in [7, 11) is 1.27. The molecule has 0 aliphatic heterocycles. The summed E-state index contributed by atoms with van der Waals surface area (Å²) >= 11 is 0. The third kappa shape index (κ3) is 4.05. The minimum Gasteiger partial charge on any atom is -0.465 e. The molecular formula is C18H13FN2O3. The predicted molar refractivity (Wildman–Crippen MR) is 86.4 cm³/mol. The molecule has 120 valence electrons. The number of carbonyl (C=O) groups excluding carboxylic acids is 2. The quantitative estimate of drug-likeness (QED) is 0.532. The van der Waals surface area contributed by atoms with E-state index in [1.54, 1.807) is 24.3 Å². The molecule has 0 heterocycles. The van der Waals surface area contributed by atoms with Crippen LogP contribution in [0, 0.1) is 17.1 Å². The van der Waals surface area contributed by atoms with E-state index in [9.17, 15) is 14.0 Å². The number of halogens is 1. The van der Waals surface area contributed by atoms with Crippen molar-refractivity contribution in [3.63, 3.8) is 0 Å². The molecule has 2 aromatic carbocycles. The number of esters is 1. The van der Waals surface area contributed by atoms with Crippen LogP contribution in [0.4, 0.5) is 10.1 Å². The second-order valence-electron chi connectivity index (χ2n) is 4.72. The molecule has 0 saturated carbocycles. The van der Waals surface area contributed by atoms with Gasteiger partial charge in [-0.25, -0.2) is 9.18 Å². The van der Waals surface area contributed by atoms with Gasteiger partial charge >= 0.3 is 5.97 Å². The molecule has 0 atom stereocenters. The molecule has 1 amide bonds. The van der Waals surface area contributed by atoms with Crippen LogP contribution < -0.4 is 5.32 Å². The molecule has 1 N–H and O–H groups in total. The average Bonchev–Trinajstić information content (AvgIpc) is 2.61. The number of hydrogen-bond donors (Lipinski definition) is 1. The summed E-state index contributed by atoms with van der Waals surface area (Å²) in [4.78, 5) is 23.4. The summed E-state index contributed by atoms with van der Waals surface area (Å²) in [6, 6.07) is 13.6. The van der Waals surface area contributed by atoms with Gasteiger partial charge in [-0.05, 0) is 35.9 Å². The van der Waals surface area contributed by atoms with Gasteiger partial charge in [0.1, 0.15) is 17.5 Å². The highest BCUT2D eigenvalue weighted by Crippen LogP contribution is 2.15. The van der Waals surface area contributed by atoms with Crippen LogP contribution in [-0.2, 0) is 9.53 Å². The van der Waals surface area contributed by atoms with Gasteiger partial charge in [-0.3, -0.25) is 4.79 Å². The Hall–Kier alpha value is -3.46. The number of ether oxygens (including phenoxy) is 1. The number of para-hydroxylation sites is 1. The number of nitrogens with zero attached hydrogens (tertiary/aromatic N) is 1. The summed E-state index contributed by atoms with van der Waals surface area (Å²) in [5, 5.41) is 11.5. The molecule has 0 unspecified atom stereocenters. The normalized spacial score (nSPS) is 10.6. The number of amides is 1. The van der Waals surface area contributed by atoms with Crippen molar-refractivity contribution in [2.24, 2.45) is 0 Å². The topological polar surface area (TPSA) is 79.2 Å². The smallest absolute Gasteiger partial charge is 0.337 e. The Morgan fingerprint density at radius 3 is 2.42 bits per heavy atom. The van der Waals surface area contributed by atoms with Gasteiger partial charge < -0.3 is 10.1 Å². The van der Waals surface area contributed by atoms with E-state index in [0.29, 0.717) is 11.1 Å². The van der Waals surface area contributed by atoms with Crippen LogP contribution >= 0.6 is 0 Å². The van der Waals surface area contributed by atoms with Gasteiger partial charge in [-0.1, -0.05) is 24.3 Å². The Bertz CT molecular complexity index is 836. The van der Waals surface area contributed by atoms with E-state index >= 15 is 0 Å². The molecule has 6 heteroatoms. The summed E-state index contributed by atoms with van der Waals surface area (Å²) in [5.41, 5.74) is 0.695. The third-order valence-electron chi connectivity index (χ3n) is 3.13. The molecule has 2 aromatic rings. The summed E-state index contributed by atoms with van der Waals surface area (Å²) < 4.78 is 18.1. The van der Waals surface area contributed by atoms with Crippen molar-refractivity contribution in [2.45, 2.75) is 0 Å². The van der Waals surface area contributed by atoms with Gasteiger partial charge in [0.05, 0.1) is 18.4 Å². The average molecular weight is 324 g/mol. The lowest BCUT2D eigenvalue weighted by atomic mass is 10.1. The van der Waals surface area contributed by atoms with Gasteiger partial charge in [0.15, 0.2) is 0 Å². The van der Waals surface area contributed by atoms with Crippen molar-refractivity contribution in [1.29, 1.82) is 5.26 Å². The van der Waals surface area contributed by atoms with E-state index < -0.39 is 17.7 Å². The molecule has 0 aromatic heterocycles. The fraction of sp³-hybridized carbons (Fsp3) is 0.0556. The lowest BCUT2D eigenvalue weighted by molar-refractivity contribution is -0.112. The first-order chi connectivity index (χ1) is 11.5. The molecule has 0 radical (unpaired) electrons. The van der Waals surface area contributed by atoms with Crippen molar-refractivity contribution >= 4 is 23.6 Å². The van der Waals surface area contributed by atoms with Crippen LogP contribution in [0.3, 0.4) is 0 Å². The highest BCUT2D eigenvalue weighted by Gasteiger charge is 2.12. The predicted octanol–water partition coefficient (Wildman–Crippen LogP) is 3.16. The number of nitriles is 1. The maximum atomic E-state index is 13.5. The van der Waals surface area contributed by atoms with E-state index in [1.165, 1.54) is 43.5 Å². The van der Waals surface area contributed by atoms with E-state index in [4.69, 9.17) is 5.26 Å². The van der Waals surface area contributed by atoms with Crippen LogP contribution in [0.25, 0.3) is 6.08 Å². The lowest BCUT2D eigenvalue weighted by Gasteiger charge is -2.05. The number of carbonyl (C=O) groups is 2. The number of nitrogens with one attached hydrogen (secondary N) is 1. The summed E-state index contributed by atoms with van der Waals surface area (Å²) in [5.74, 6) is -1.80. The third-order valence-corrected chi connectivity index (χ3v) is 3.13. The second kappa shape index (κ2) is 7.70. The fourth-order valence-electron chi connectivity index (χ4n) is 1.90. The number of hydrogen-bond acceptors (Lipinski definition) is 4. The van der Waals surface area contributed by atoms with Crippen molar-refractivity contribution in [3.05, 3.63) is 71.0 Å². The van der Waals surface area contributed by atoms with Gasteiger partial charge in [-0.2, -0.15) is 5.26 Å². The van der Waals surface area contributed by atoms with E-state index in [-0.39, 0.29) is 11.3 Å². The van der Waals surface area contributed by atoms with Gasteiger partial charge in [0, 0.05) is 0 Å². The van der Waals surface area contributed by atoms with Gasteiger partial charge in [-0.15, -0.1) is 0 Å². The minimum atomic E-state index is -0.723. The Kier molecular flexibility index (Phi) is 5.42. The van der Waals surface area contributed by atoms with Crippen LogP contribution in [0.2, 0.25) is 0 Å². The first-order valence-corrected chi connectivity index (χ1v) is 6.91. The van der Waals surface area contributed by atoms with Crippen LogP contribution in [0.1, 0.15) is 15.9 Å². The molecule has 0 aliphatic carbocycles. The van der Waals surface area contributed by atoms with Gasteiger partial charge in [0.2, 0.25) is 0 Å². The molecule has 0 aliphatic rings. The zero-order chi connectivity index (χ0) is 17.5. The highest BCUT2D eigenvalue weighted by atomic mass is 19.1. The Morgan fingerprint density at radius 1 is 1.17 bits per heavy atom. The minimum absolute atomic E-state index is 0.00955. The van der Waals surface area contributed by atoms with Crippen molar-refractivity contribution in [1.82, 2.24) is 0 Å². The molecule has 0 fully saturated rings. The zero-order valence-electron chi connectivity index (χ0n) is 12.7. The van der Waals surface area contributed by atoms with Crippen molar-refractivity contribution < 1.29 is 18.7 Å². The fourth-order valence-corrected chi connectivity index (χ4v) is 1.90.